The standard InChI is InChI=1S/C17H28N4S2/c1-14-12-16(3)20(18-14)6-10-22-8-5-9-23-11-7-21-17(4)13-15(2)19-21/h12-13H,5-11H2,1-4H3. The molecule has 0 spiro atoms. The molecule has 6 heteroatoms. The third-order valence-corrected chi connectivity index (χ3v) is 5.78. The molecule has 4 nitrogen and oxygen atoms in total. The van der Waals surface area contributed by atoms with Crippen molar-refractivity contribution in [3.05, 3.63) is 34.9 Å². The summed E-state index contributed by atoms with van der Waals surface area (Å²) in [6.07, 6.45) is 1.28. The van der Waals surface area contributed by atoms with Gasteiger partial charge in [-0.3, -0.25) is 9.36 Å². The van der Waals surface area contributed by atoms with E-state index in [1.54, 1.807) is 0 Å². The summed E-state index contributed by atoms with van der Waals surface area (Å²) < 4.78 is 4.23. The predicted molar refractivity (Wildman–Crippen MR) is 103 cm³/mol. The van der Waals surface area contributed by atoms with E-state index in [0.717, 1.165) is 36.0 Å². The molecule has 2 aromatic rings. The van der Waals surface area contributed by atoms with E-state index in [0.29, 0.717) is 0 Å². The van der Waals surface area contributed by atoms with Crippen molar-refractivity contribution in [1.82, 2.24) is 19.6 Å². The minimum Gasteiger partial charge on any atom is -0.269 e. The lowest BCUT2D eigenvalue weighted by atomic mass is 10.4. The summed E-state index contributed by atoms with van der Waals surface area (Å²) in [5, 5.41) is 8.99. The lowest BCUT2D eigenvalue weighted by Gasteiger charge is -2.06. The van der Waals surface area contributed by atoms with Crippen LogP contribution in [-0.4, -0.2) is 42.6 Å². The maximum absolute atomic E-state index is 4.50. The topological polar surface area (TPSA) is 35.6 Å². The number of hydrogen-bond acceptors (Lipinski definition) is 4. The van der Waals surface area contributed by atoms with Crippen LogP contribution in [0.2, 0.25) is 0 Å². The van der Waals surface area contributed by atoms with Gasteiger partial charge < -0.3 is 0 Å². The molecular formula is C17H28N4S2. The number of nitrogens with zero attached hydrogens (tertiary/aromatic N) is 4. The SMILES string of the molecule is Cc1cc(C)n(CCSCCCSCCn2nc(C)cc2C)n1. The van der Waals surface area contributed by atoms with Crippen molar-refractivity contribution in [2.75, 3.05) is 23.0 Å². The van der Waals surface area contributed by atoms with Gasteiger partial charge in [0.1, 0.15) is 0 Å². The Labute approximate surface area is 148 Å². The summed E-state index contributed by atoms with van der Waals surface area (Å²) in [5.41, 5.74) is 4.77. The first-order valence-electron chi connectivity index (χ1n) is 8.24. The molecule has 0 unspecified atom stereocenters. The first kappa shape index (κ1) is 18.5. The lowest BCUT2D eigenvalue weighted by Crippen LogP contribution is -2.05. The van der Waals surface area contributed by atoms with Crippen LogP contribution in [-0.2, 0) is 13.1 Å². The van der Waals surface area contributed by atoms with E-state index >= 15 is 0 Å². The first-order valence-corrected chi connectivity index (χ1v) is 10.5. The largest absolute Gasteiger partial charge is 0.269 e. The molecule has 0 saturated heterocycles. The van der Waals surface area contributed by atoms with E-state index in [1.807, 2.05) is 23.5 Å². The Morgan fingerprint density at radius 2 is 1.17 bits per heavy atom. The fourth-order valence-electron chi connectivity index (χ4n) is 2.57. The van der Waals surface area contributed by atoms with Crippen molar-refractivity contribution in [1.29, 1.82) is 0 Å². The molecule has 0 amide bonds. The molecule has 0 bridgehead atoms. The minimum atomic E-state index is 1.02. The second-order valence-electron chi connectivity index (χ2n) is 5.88. The van der Waals surface area contributed by atoms with E-state index in [2.05, 4.69) is 59.4 Å². The number of thioether (sulfide) groups is 2. The Bertz CT molecular complexity index is 552. The molecule has 0 saturated carbocycles. The molecule has 0 aliphatic rings. The Morgan fingerprint density at radius 3 is 1.52 bits per heavy atom. The van der Waals surface area contributed by atoms with Crippen molar-refractivity contribution in [2.45, 2.75) is 47.2 Å². The maximum Gasteiger partial charge on any atom is 0.0596 e. The van der Waals surface area contributed by atoms with Crippen LogP contribution >= 0.6 is 23.5 Å². The van der Waals surface area contributed by atoms with Crippen LogP contribution in [0, 0.1) is 27.7 Å². The predicted octanol–water partition coefficient (Wildman–Crippen LogP) is 3.87. The second kappa shape index (κ2) is 9.42. The number of rotatable bonds is 10. The number of aryl methyl sites for hydroxylation is 6. The smallest absolute Gasteiger partial charge is 0.0596 e. The average molecular weight is 353 g/mol. The molecule has 0 fully saturated rings. The van der Waals surface area contributed by atoms with Crippen LogP contribution in [0.3, 0.4) is 0 Å². The van der Waals surface area contributed by atoms with Crippen LogP contribution in [0.4, 0.5) is 0 Å². The molecular weight excluding hydrogens is 324 g/mol. The molecule has 0 aromatic carbocycles. The normalized spacial score (nSPS) is 11.3. The first-order chi connectivity index (χ1) is 11.1. The molecule has 0 atom stereocenters. The van der Waals surface area contributed by atoms with E-state index in [4.69, 9.17) is 0 Å². The maximum atomic E-state index is 4.50. The van der Waals surface area contributed by atoms with Gasteiger partial charge in [0, 0.05) is 22.9 Å². The molecule has 0 aliphatic heterocycles. The Balaban J connectivity index is 1.47. The summed E-state index contributed by atoms with van der Waals surface area (Å²) in [5.74, 6) is 4.79. The van der Waals surface area contributed by atoms with E-state index in [1.165, 1.54) is 29.3 Å². The van der Waals surface area contributed by atoms with Crippen LogP contribution in [0.15, 0.2) is 12.1 Å². The highest BCUT2D eigenvalue weighted by Crippen LogP contribution is 2.11. The molecule has 0 aliphatic carbocycles. The summed E-state index contributed by atoms with van der Waals surface area (Å²) in [4.78, 5) is 0. The van der Waals surface area contributed by atoms with Gasteiger partial charge in [0.2, 0.25) is 0 Å². The highest BCUT2D eigenvalue weighted by molar-refractivity contribution is 8.00. The van der Waals surface area contributed by atoms with Crippen molar-refractivity contribution >= 4 is 23.5 Å². The Kier molecular flexibility index (Phi) is 7.56. The van der Waals surface area contributed by atoms with Crippen molar-refractivity contribution in [2.24, 2.45) is 0 Å². The third-order valence-electron chi connectivity index (χ3n) is 3.68. The highest BCUT2D eigenvalue weighted by Gasteiger charge is 2.01. The van der Waals surface area contributed by atoms with Crippen LogP contribution in [0.25, 0.3) is 0 Å². The van der Waals surface area contributed by atoms with E-state index in [9.17, 15) is 0 Å². The van der Waals surface area contributed by atoms with Gasteiger partial charge in [0.15, 0.2) is 0 Å². The third kappa shape index (κ3) is 6.26. The van der Waals surface area contributed by atoms with Gasteiger partial charge in [-0.1, -0.05) is 0 Å². The summed E-state index contributed by atoms with van der Waals surface area (Å²) in [6, 6.07) is 4.29. The van der Waals surface area contributed by atoms with Gasteiger partial charge in [-0.05, 0) is 57.8 Å². The quantitative estimate of drug-likeness (QED) is 0.608. The van der Waals surface area contributed by atoms with E-state index in [-0.39, 0.29) is 0 Å². The zero-order valence-electron chi connectivity index (χ0n) is 14.7. The molecule has 23 heavy (non-hydrogen) atoms. The van der Waals surface area contributed by atoms with Crippen LogP contribution in [0.5, 0.6) is 0 Å². The van der Waals surface area contributed by atoms with Crippen LogP contribution < -0.4 is 0 Å². The van der Waals surface area contributed by atoms with Gasteiger partial charge in [0.25, 0.3) is 0 Å². The molecule has 2 heterocycles. The highest BCUT2D eigenvalue weighted by atomic mass is 32.2. The summed E-state index contributed by atoms with van der Waals surface area (Å²) >= 11 is 4.07. The molecule has 128 valence electrons. The van der Waals surface area contributed by atoms with Crippen molar-refractivity contribution < 1.29 is 0 Å². The van der Waals surface area contributed by atoms with Gasteiger partial charge in [-0.25, -0.2) is 0 Å². The van der Waals surface area contributed by atoms with E-state index < -0.39 is 0 Å². The lowest BCUT2D eigenvalue weighted by molar-refractivity contribution is 0.640. The molecule has 0 radical (unpaired) electrons. The van der Waals surface area contributed by atoms with Gasteiger partial charge in [-0.2, -0.15) is 33.7 Å². The molecule has 2 rings (SSSR count). The van der Waals surface area contributed by atoms with Crippen molar-refractivity contribution in [3.8, 4) is 0 Å². The zero-order chi connectivity index (χ0) is 16.7. The fraction of sp³-hybridized carbons (Fsp3) is 0.647. The fourth-order valence-corrected chi connectivity index (χ4v) is 4.46. The van der Waals surface area contributed by atoms with Crippen LogP contribution in [0.1, 0.15) is 29.2 Å². The Morgan fingerprint density at radius 1 is 0.739 bits per heavy atom. The Hall–Kier alpha value is -0.880. The zero-order valence-corrected chi connectivity index (χ0v) is 16.3. The number of hydrogen-bond donors (Lipinski definition) is 0. The van der Waals surface area contributed by atoms with Crippen molar-refractivity contribution in [3.63, 3.8) is 0 Å². The second-order valence-corrected chi connectivity index (χ2v) is 8.33. The number of aromatic nitrogens is 4. The monoisotopic (exact) mass is 352 g/mol. The minimum absolute atomic E-state index is 1.02. The molecule has 2 aromatic heterocycles. The summed E-state index contributed by atoms with van der Waals surface area (Å²) in [6.45, 7) is 10.4. The molecule has 0 N–H and O–H groups in total. The average Bonchev–Trinajstić information content (AvgIpc) is 2.98. The van der Waals surface area contributed by atoms with Gasteiger partial charge in [0.05, 0.1) is 24.5 Å². The van der Waals surface area contributed by atoms with Gasteiger partial charge in [-0.15, -0.1) is 0 Å². The van der Waals surface area contributed by atoms with Gasteiger partial charge >= 0.3 is 0 Å². The summed E-state index contributed by atoms with van der Waals surface area (Å²) in [7, 11) is 0.